The number of nitrogens with one attached hydrogen (secondary N) is 2. The Kier molecular flexibility index (Phi) is 6.69. The first-order valence-corrected chi connectivity index (χ1v) is 9.68. The summed E-state index contributed by atoms with van der Waals surface area (Å²) in [4.78, 5) is 12.2. The second-order valence-electron chi connectivity index (χ2n) is 5.92. The number of nitrogens with two attached hydrogens (primary N) is 1. The summed E-state index contributed by atoms with van der Waals surface area (Å²) < 4.78 is 6.40. The predicted molar refractivity (Wildman–Crippen MR) is 115 cm³/mol. The average Bonchev–Trinajstić information content (AvgIpc) is 3.10. The molecule has 10 heteroatoms. The Balaban J connectivity index is 1.56. The van der Waals surface area contributed by atoms with Crippen LogP contribution >= 0.6 is 11.8 Å². The molecule has 0 atom stereocenters. The van der Waals surface area contributed by atoms with Gasteiger partial charge in [0.25, 0.3) is 5.95 Å². The van der Waals surface area contributed by atoms with Crippen LogP contribution in [-0.4, -0.2) is 39.4 Å². The van der Waals surface area contributed by atoms with Gasteiger partial charge in [0.15, 0.2) is 0 Å². The minimum Gasteiger partial charge on any atom is -0.497 e. The zero-order valence-corrected chi connectivity index (χ0v) is 16.8. The minimum atomic E-state index is -0.196. The van der Waals surface area contributed by atoms with Crippen LogP contribution in [0.1, 0.15) is 12.5 Å². The molecule has 150 valence electrons. The lowest BCUT2D eigenvalue weighted by molar-refractivity contribution is -0.113. The number of aromatic nitrogens is 3. The number of nitrogen functional groups attached to an aromatic ring is 1. The molecule has 4 N–H and O–H groups in total. The summed E-state index contributed by atoms with van der Waals surface area (Å²) in [5.74, 6) is 6.86. The van der Waals surface area contributed by atoms with Crippen molar-refractivity contribution in [2.24, 2.45) is 5.10 Å². The van der Waals surface area contributed by atoms with Crippen LogP contribution in [0.15, 0.2) is 64.9 Å². The number of methoxy groups -OCH3 is 1. The lowest BCUT2D eigenvalue weighted by Gasteiger charge is -2.07. The van der Waals surface area contributed by atoms with E-state index in [2.05, 4.69) is 26.0 Å². The monoisotopic (exact) mass is 411 g/mol. The third kappa shape index (κ3) is 5.48. The Morgan fingerprint density at radius 3 is 2.76 bits per heavy atom. The number of hydrogen-bond acceptors (Lipinski definition) is 8. The second kappa shape index (κ2) is 9.60. The Labute approximate surface area is 172 Å². The smallest absolute Gasteiger partial charge is 0.264 e. The van der Waals surface area contributed by atoms with Gasteiger partial charge in [-0.05, 0) is 24.6 Å². The van der Waals surface area contributed by atoms with Crippen molar-refractivity contribution in [2.75, 3.05) is 29.4 Å². The number of hydrogen-bond donors (Lipinski definition) is 3. The number of thioether (sulfide) groups is 1. The highest BCUT2D eigenvalue weighted by molar-refractivity contribution is 7.99. The molecule has 2 aromatic carbocycles. The summed E-state index contributed by atoms with van der Waals surface area (Å²) in [7, 11) is 1.57. The molecule has 0 radical (unpaired) electrons. The van der Waals surface area contributed by atoms with Gasteiger partial charge in [0.1, 0.15) is 5.75 Å². The largest absolute Gasteiger partial charge is 0.497 e. The second-order valence-corrected chi connectivity index (χ2v) is 6.86. The molecule has 1 amide bonds. The molecule has 3 rings (SSSR count). The molecule has 0 aliphatic rings. The number of rotatable bonds is 8. The highest BCUT2D eigenvalue weighted by Crippen LogP contribution is 2.19. The topological polar surface area (TPSA) is 119 Å². The van der Waals surface area contributed by atoms with Gasteiger partial charge >= 0.3 is 0 Å². The maximum atomic E-state index is 12.2. The fraction of sp³-hybridized carbons (Fsp3) is 0.158. The Hall–Kier alpha value is -3.53. The van der Waals surface area contributed by atoms with E-state index in [-0.39, 0.29) is 17.6 Å². The molecule has 0 unspecified atom stereocenters. The van der Waals surface area contributed by atoms with E-state index in [0.717, 1.165) is 11.3 Å². The molecule has 1 aromatic heterocycles. The first kappa shape index (κ1) is 20.2. The lowest BCUT2D eigenvalue weighted by atomic mass is 10.1. The lowest BCUT2D eigenvalue weighted by Crippen LogP contribution is -2.17. The van der Waals surface area contributed by atoms with E-state index >= 15 is 0 Å². The molecule has 3 aromatic rings. The van der Waals surface area contributed by atoms with Crippen LogP contribution < -0.4 is 21.3 Å². The molecule has 29 heavy (non-hydrogen) atoms. The van der Waals surface area contributed by atoms with Gasteiger partial charge in [0, 0.05) is 11.8 Å². The van der Waals surface area contributed by atoms with Gasteiger partial charge in [0.2, 0.25) is 11.1 Å². The van der Waals surface area contributed by atoms with Gasteiger partial charge in [-0.15, -0.1) is 10.2 Å². The molecule has 0 saturated carbocycles. The quantitative estimate of drug-likeness (QED) is 0.225. The van der Waals surface area contributed by atoms with E-state index in [4.69, 9.17) is 10.6 Å². The maximum absolute atomic E-state index is 12.2. The zero-order valence-electron chi connectivity index (χ0n) is 16.0. The first-order chi connectivity index (χ1) is 14.1. The third-order valence-corrected chi connectivity index (χ3v) is 4.81. The van der Waals surface area contributed by atoms with Crippen LogP contribution in [0.25, 0.3) is 0 Å². The van der Waals surface area contributed by atoms with E-state index in [1.807, 2.05) is 37.3 Å². The number of amides is 1. The summed E-state index contributed by atoms with van der Waals surface area (Å²) in [6.07, 6.45) is 0. The number of benzene rings is 2. The van der Waals surface area contributed by atoms with E-state index < -0.39 is 0 Å². The van der Waals surface area contributed by atoms with Crippen molar-refractivity contribution in [2.45, 2.75) is 12.1 Å². The molecule has 0 bridgehead atoms. The number of carbonyl (C=O) groups is 1. The number of carbonyl (C=O) groups excluding carboxylic acids is 1. The summed E-state index contributed by atoms with van der Waals surface area (Å²) in [6, 6.07) is 16.8. The van der Waals surface area contributed by atoms with Crippen molar-refractivity contribution in [3.05, 3.63) is 60.2 Å². The number of nitrogens with zero attached hydrogens (tertiary/aromatic N) is 4. The van der Waals surface area contributed by atoms with Crippen molar-refractivity contribution in [3.63, 3.8) is 0 Å². The van der Waals surface area contributed by atoms with Crippen molar-refractivity contribution in [1.82, 2.24) is 14.9 Å². The van der Waals surface area contributed by atoms with E-state index in [1.165, 1.54) is 16.4 Å². The molecule has 9 nitrogen and oxygen atoms in total. The SMILES string of the molecule is COc1cccc(NC(=O)CSc2nnc(N/N=C(\C)c3ccccc3)n2N)c1. The van der Waals surface area contributed by atoms with Crippen molar-refractivity contribution in [1.29, 1.82) is 0 Å². The van der Waals surface area contributed by atoms with Crippen molar-refractivity contribution in [3.8, 4) is 5.75 Å². The molecule has 0 spiro atoms. The van der Waals surface area contributed by atoms with E-state index in [0.29, 0.717) is 16.6 Å². The fourth-order valence-electron chi connectivity index (χ4n) is 2.36. The molecule has 0 aliphatic carbocycles. The van der Waals surface area contributed by atoms with Crippen LogP contribution in [0.3, 0.4) is 0 Å². The first-order valence-electron chi connectivity index (χ1n) is 8.69. The molecule has 1 heterocycles. The van der Waals surface area contributed by atoms with E-state index in [9.17, 15) is 4.79 Å². The molecular weight excluding hydrogens is 390 g/mol. The van der Waals surface area contributed by atoms with Crippen LogP contribution in [0.5, 0.6) is 5.75 Å². The molecular formula is C19H21N7O2S. The summed E-state index contributed by atoms with van der Waals surface area (Å²) in [5, 5.41) is 15.4. The van der Waals surface area contributed by atoms with Gasteiger partial charge in [-0.3, -0.25) is 4.79 Å². The van der Waals surface area contributed by atoms with Gasteiger partial charge < -0.3 is 15.9 Å². The summed E-state index contributed by atoms with van der Waals surface area (Å²) in [5.41, 5.74) is 5.20. The van der Waals surface area contributed by atoms with Gasteiger partial charge in [-0.1, -0.05) is 48.2 Å². The summed E-state index contributed by atoms with van der Waals surface area (Å²) in [6.45, 7) is 1.87. The number of hydrazone groups is 1. The Bertz CT molecular complexity index is 1000. The van der Waals surface area contributed by atoms with Crippen LogP contribution in [0, 0.1) is 0 Å². The maximum Gasteiger partial charge on any atom is 0.264 e. The highest BCUT2D eigenvalue weighted by Gasteiger charge is 2.12. The van der Waals surface area contributed by atoms with Crippen molar-refractivity contribution >= 4 is 35.0 Å². The minimum absolute atomic E-state index is 0.124. The molecule has 0 fully saturated rings. The highest BCUT2D eigenvalue weighted by atomic mass is 32.2. The fourth-order valence-corrected chi connectivity index (χ4v) is 3.01. The zero-order chi connectivity index (χ0) is 20.6. The molecule has 0 aliphatic heterocycles. The van der Waals surface area contributed by atoms with Crippen molar-refractivity contribution < 1.29 is 9.53 Å². The number of ether oxygens (including phenoxy) is 1. The Morgan fingerprint density at radius 2 is 2.00 bits per heavy atom. The van der Waals surface area contributed by atoms with Crippen LogP contribution in [0.2, 0.25) is 0 Å². The predicted octanol–water partition coefficient (Wildman–Crippen LogP) is 2.57. The third-order valence-electron chi connectivity index (χ3n) is 3.87. The normalized spacial score (nSPS) is 11.2. The van der Waals surface area contributed by atoms with E-state index in [1.54, 1.807) is 31.4 Å². The summed E-state index contributed by atoms with van der Waals surface area (Å²) >= 11 is 1.17. The standard InChI is InChI=1S/C19H21N7O2S/c1-13(14-7-4-3-5-8-14)22-23-18-24-25-19(26(18)20)29-12-17(27)21-15-9-6-10-16(11-15)28-2/h3-11H,12,20H2,1-2H3,(H,21,27)(H,23,24)/b22-13+. The van der Waals surface area contributed by atoms with Gasteiger partial charge in [-0.25, -0.2) is 10.1 Å². The molecule has 0 saturated heterocycles. The average molecular weight is 411 g/mol. The van der Waals surface area contributed by atoms with Crippen LogP contribution in [-0.2, 0) is 4.79 Å². The van der Waals surface area contributed by atoms with Crippen LogP contribution in [0.4, 0.5) is 11.6 Å². The van der Waals surface area contributed by atoms with Gasteiger partial charge in [-0.2, -0.15) is 5.10 Å². The number of anilines is 2. The Morgan fingerprint density at radius 1 is 1.21 bits per heavy atom. The van der Waals surface area contributed by atoms with Gasteiger partial charge in [0.05, 0.1) is 18.6 Å².